The second-order valence-corrected chi connectivity index (χ2v) is 6.36. The van der Waals surface area contributed by atoms with Gasteiger partial charge in [-0.25, -0.2) is 9.37 Å². The highest BCUT2D eigenvalue weighted by molar-refractivity contribution is 5.79. The minimum atomic E-state index is -0.526. The number of halogens is 1. The number of hydrogen-bond donors (Lipinski definition) is 1. The van der Waals surface area contributed by atoms with Crippen molar-refractivity contribution in [3.63, 3.8) is 0 Å². The van der Waals surface area contributed by atoms with Gasteiger partial charge in [-0.15, -0.1) is 0 Å². The maximum atomic E-state index is 13.6. The minimum Gasteiger partial charge on any atom is -0.481 e. The van der Waals surface area contributed by atoms with E-state index in [4.69, 9.17) is 4.74 Å². The van der Waals surface area contributed by atoms with Gasteiger partial charge in [-0.1, -0.05) is 24.3 Å². The molecule has 0 saturated heterocycles. The molecule has 3 aromatic rings. The van der Waals surface area contributed by atoms with Crippen LogP contribution < -0.4 is 10.3 Å². The number of aromatic nitrogens is 2. The zero-order chi connectivity index (χ0) is 19.4. The summed E-state index contributed by atoms with van der Waals surface area (Å²) in [5.74, 6) is -0.454. The molecule has 27 heavy (non-hydrogen) atoms. The van der Waals surface area contributed by atoms with Crippen LogP contribution in [0.3, 0.4) is 0 Å². The average molecular weight is 369 g/mol. The molecule has 1 amide bonds. The lowest BCUT2D eigenvalue weighted by Gasteiger charge is -2.26. The van der Waals surface area contributed by atoms with E-state index in [-0.39, 0.29) is 36.4 Å². The highest BCUT2D eigenvalue weighted by Crippen LogP contribution is 2.16. The number of hydrogen-bond acceptors (Lipinski definition) is 4. The number of benzene rings is 2. The molecular weight excluding hydrogens is 349 g/mol. The molecule has 0 aliphatic rings. The average Bonchev–Trinajstić information content (AvgIpc) is 2.65. The van der Waals surface area contributed by atoms with Gasteiger partial charge < -0.3 is 14.6 Å². The number of nitrogens with zero attached hydrogens (tertiary/aromatic N) is 2. The predicted octanol–water partition coefficient (Wildman–Crippen LogP) is 2.88. The molecule has 1 heterocycles. The van der Waals surface area contributed by atoms with E-state index < -0.39 is 5.82 Å². The van der Waals surface area contributed by atoms with Crippen molar-refractivity contribution < 1.29 is 13.9 Å². The smallest absolute Gasteiger partial charge is 0.261 e. The molecule has 0 unspecified atom stereocenters. The van der Waals surface area contributed by atoms with E-state index in [1.807, 2.05) is 13.8 Å². The number of rotatable bonds is 6. The molecule has 7 heteroatoms. The van der Waals surface area contributed by atoms with Gasteiger partial charge in [0.05, 0.1) is 17.4 Å². The van der Waals surface area contributed by atoms with Crippen LogP contribution in [-0.4, -0.2) is 33.4 Å². The summed E-state index contributed by atoms with van der Waals surface area (Å²) in [5, 5.41) is 0.492. The van der Waals surface area contributed by atoms with Gasteiger partial charge in [-0.2, -0.15) is 0 Å². The molecular formula is C20H20FN3O3. The van der Waals surface area contributed by atoms with E-state index in [0.717, 1.165) is 0 Å². The van der Waals surface area contributed by atoms with Crippen LogP contribution in [0.15, 0.2) is 53.3 Å². The molecule has 140 valence electrons. The number of carbonyl (C=O) groups excluding carboxylic acids is 1. The van der Waals surface area contributed by atoms with E-state index >= 15 is 0 Å². The maximum Gasteiger partial charge on any atom is 0.261 e. The summed E-state index contributed by atoms with van der Waals surface area (Å²) in [7, 11) is 0. The number of aromatic amines is 1. The van der Waals surface area contributed by atoms with Gasteiger partial charge in [0.1, 0.15) is 5.82 Å². The molecule has 0 saturated carbocycles. The Morgan fingerprint density at radius 2 is 1.89 bits per heavy atom. The SMILES string of the molecule is CC(C)N(Cc1nc2ccccc2c(=O)[nH]1)C(=O)COc1ccccc1F. The second-order valence-electron chi connectivity index (χ2n) is 6.36. The van der Waals surface area contributed by atoms with Crippen LogP contribution in [-0.2, 0) is 11.3 Å². The first-order valence-electron chi connectivity index (χ1n) is 8.60. The Balaban J connectivity index is 1.76. The van der Waals surface area contributed by atoms with Crippen molar-refractivity contribution in [2.45, 2.75) is 26.4 Å². The lowest BCUT2D eigenvalue weighted by Crippen LogP contribution is -2.40. The lowest BCUT2D eigenvalue weighted by molar-refractivity contribution is -0.135. The number of nitrogens with one attached hydrogen (secondary N) is 1. The summed E-state index contributed by atoms with van der Waals surface area (Å²) in [5.41, 5.74) is 0.310. The van der Waals surface area contributed by atoms with Crippen LogP contribution in [0.2, 0.25) is 0 Å². The van der Waals surface area contributed by atoms with Gasteiger partial charge in [0.25, 0.3) is 11.5 Å². The van der Waals surface area contributed by atoms with Crippen LogP contribution in [0.4, 0.5) is 4.39 Å². The fraction of sp³-hybridized carbons (Fsp3) is 0.250. The Labute approximate surface area is 155 Å². The molecule has 0 atom stereocenters. The molecule has 6 nitrogen and oxygen atoms in total. The van der Waals surface area contributed by atoms with E-state index in [2.05, 4.69) is 9.97 Å². The van der Waals surface area contributed by atoms with Gasteiger partial charge in [0, 0.05) is 6.04 Å². The summed E-state index contributed by atoms with van der Waals surface area (Å²) < 4.78 is 18.9. The van der Waals surface area contributed by atoms with Crippen LogP contribution in [0.1, 0.15) is 19.7 Å². The largest absolute Gasteiger partial charge is 0.481 e. The Kier molecular flexibility index (Phi) is 5.49. The lowest BCUT2D eigenvalue weighted by atomic mass is 10.2. The van der Waals surface area contributed by atoms with Crippen LogP contribution >= 0.6 is 0 Å². The highest BCUT2D eigenvalue weighted by Gasteiger charge is 2.20. The first kappa shape index (κ1) is 18.6. The molecule has 0 spiro atoms. The van der Waals surface area contributed by atoms with Gasteiger partial charge in [0.2, 0.25) is 0 Å². The van der Waals surface area contributed by atoms with E-state index in [1.54, 1.807) is 36.4 Å². The number of carbonyl (C=O) groups is 1. The molecule has 2 aromatic carbocycles. The first-order chi connectivity index (χ1) is 13.0. The fourth-order valence-corrected chi connectivity index (χ4v) is 2.71. The third-order valence-corrected chi connectivity index (χ3v) is 4.11. The molecule has 1 N–H and O–H groups in total. The van der Waals surface area contributed by atoms with Crippen molar-refractivity contribution in [1.82, 2.24) is 14.9 Å². The normalized spacial score (nSPS) is 11.0. The number of ether oxygens (including phenoxy) is 1. The van der Waals surface area contributed by atoms with Crippen molar-refractivity contribution in [2.24, 2.45) is 0 Å². The van der Waals surface area contributed by atoms with E-state index in [9.17, 15) is 14.0 Å². The summed E-state index contributed by atoms with van der Waals surface area (Å²) in [6, 6.07) is 12.8. The number of para-hydroxylation sites is 2. The quantitative estimate of drug-likeness (QED) is 0.725. The molecule has 0 aliphatic carbocycles. The fourth-order valence-electron chi connectivity index (χ4n) is 2.71. The van der Waals surface area contributed by atoms with E-state index in [1.165, 1.54) is 17.0 Å². The predicted molar refractivity (Wildman–Crippen MR) is 99.9 cm³/mol. The zero-order valence-corrected chi connectivity index (χ0v) is 15.1. The Bertz CT molecular complexity index is 1020. The van der Waals surface area contributed by atoms with E-state index in [0.29, 0.717) is 16.7 Å². The summed E-state index contributed by atoms with van der Waals surface area (Å²) >= 11 is 0. The number of H-pyrrole nitrogens is 1. The number of fused-ring (bicyclic) bond motifs is 1. The van der Waals surface area contributed by atoms with Crippen LogP contribution in [0.5, 0.6) is 5.75 Å². The topological polar surface area (TPSA) is 75.3 Å². The molecule has 0 radical (unpaired) electrons. The third kappa shape index (κ3) is 4.31. The van der Waals surface area contributed by atoms with Gasteiger partial charge in [-0.05, 0) is 38.1 Å². The van der Waals surface area contributed by atoms with Crippen molar-refractivity contribution in [2.75, 3.05) is 6.61 Å². The molecule has 1 aromatic heterocycles. The molecule has 0 fully saturated rings. The first-order valence-corrected chi connectivity index (χ1v) is 8.60. The monoisotopic (exact) mass is 369 g/mol. The zero-order valence-electron chi connectivity index (χ0n) is 15.1. The standard InChI is InChI=1S/C20H20FN3O3/c1-13(2)24(19(25)12-27-17-10-6-4-8-15(17)21)11-18-22-16-9-5-3-7-14(16)20(26)23-18/h3-10,13H,11-12H2,1-2H3,(H,22,23,26). The highest BCUT2D eigenvalue weighted by atomic mass is 19.1. The molecule has 3 rings (SSSR count). The number of amides is 1. The van der Waals surface area contributed by atoms with Crippen molar-refractivity contribution in [3.05, 3.63) is 70.5 Å². The Morgan fingerprint density at radius 3 is 2.63 bits per heavy atom. The van der Waals surface area contributed by atoms with Crippen molar-refractivity contribution in [3.8, 4) is 5.75 Å². The minimum absolute atomic E-state index is 0.0202. The third-order valence-electron chi connectivity index (χ3n) is 4.11. The van der Waals surface area contributed by atoms with Crippen molar-refractivity contribution in [1.29, 1.82) is 0 Å². The Hall–Kier alpha value is -3.22. The van der Waals surface area contributed by atoms with Gasteiger partial charge >= 0.3 is 0 Å². The molecule has 0 aliphatic heterocycles. The van der Waals surface area contributed by atoms with Crippen LogP contribution in [0.25, 0.3) is 10.9 Å². The van der Waals surface area contributed by atoms with Gasteiger partial charge in [-0.3, -0.25) is 9.59 Å². The summed E-state index contributed by atoms with van der Waals surface area (Å²) in [4.78, 5) is 33.4. The van der Waals surface area contributed by atoms with Gasteiger partial charge in [0.15, 0.2) is 18.2 Å². The maximum absolute atomic E-state index is 13.6. The summed E-state index contributed by atoms with van der Waals surface area (Å²) in [6.45, 7) is 3.51. The second kappa shape index (κ2) is 7.99. The summed E-state index contributed by atoms with van der Waals surface area (Å²) in [6.07, 6.45) is 0. The Morgan fingerprint density at radius 1 is 1.19 bits per heavy atom. The van der Waals surface area contributed by atoms with Crippen molar-refractivity contribution >= 4 is 16.8 Å². The van der Waals surface area contributed by atoms with Crippen LogP contribution in [0, 0.1) is 5.82 Å². The molecule has 0 bridgehead atoms.